The molecule has 0 atom stereocenters. The van der Waals surface area contributed by atoms with Crippen LogP contribution in [0, 0.1) is 11.3 Å². The van der Waals surface area contributed by atoms with Gasteiger partial charge in [0.05, 0.1) is 6.07 Å². The third kappa shape index (κ3) is 2.97. The summed E-state index contributed by atoms with van der Waals surface area (Å²) in [6, 6.07) is 8.65. The maximum absolute atomic E-state index is 8.56. The Balaban J connectivity index is 2.91. The first-order valence-corrected chi connectivity index (χ1v) is 6.84. The lowest BCUT2D eigenvalue weighted by Gasteiger charge is -2.07. The lowest BCUT2D eigenvalue weighted by Crippen LogP contribution is -1.88. The number of hydrogen-bond donors (Lipinski definition) is 0. The van der Waals surface area contributed by atoms with Gasteiger partial charge in [-0.15, -0.1) is 23.5 Å². The second-order valence-corrected chi connectivity index (χ2v) is 4.56. The van der Waals surface area contributed by atoms with Crippen LogP contribution >= 0.6 is 23.5 Å². The predicted molar refractivity (Wildman–Crippen MR) is 63.9 cm³/mol. The van der Waals surface area contributed by atoms with E-state index in [2.05, 4.69) is 36.8 Å². The largest absolute Gasteiger partial charge is 0.198 e. The monoisotopic (exact) mass is 223 g/mol. The van der Waals surface area contributed by atoms with Crippen molar-refractivity contribution >= 4 is 23.5 Å². The molecule has 1 aromatic carbocycles. The van der Waals surface area contributed by atoms with Crippen LogP contribution in [0.3, 0.4) is 0 Å². The molecule has 0 N–H and O–H groups in total. The Kier molecular flexibility index (Phi) is 4.92. The van der Waals surface area contributed by atoms with Crippen LogP contribution in [0.4, 0.5) is 0 Å². The van der Waals surface area contributed by atoms with Gasteiger partial charge in [-0.05, 0) is 42.7 Å². The van der Waals surface area contributed by atoms with Gasteiger partial charge in [0.15, 0.2) is 0 Å². The van der Waals surface area contributed by atoms with E-state index in [1.807, 2.05) is 0 Å². The molecule has 74 valence electrons. The zero-order chi connectivity index (χ0) is 10.4. The molecule has 0 radical (unpaired) electrons. The highest BCUT2D eigenvalue weighted by molar-refractivity contribution is 7.99. The average Bonchev–Trinajstić information content (AvgIpc) is 2.25. The van der Waals surface area contributed by atoms with Crippen LogP contribution in [0.2, 0.25) is 0 Å². The summed E-state index contributed by atoms with van der Waals surface area (Å²) >= 11 is 3.49. The van der Waals surface area contributed by atoms with Crippen molar-refractivity contribution in [2.45, 2.75) is 22.6 Å². The summed E-state index contributed by atoms with van der Waals surface area (Å²) in [7, 11) is 0. The van der Waals surface area contributed by atoms with Gasteiger partial charge in [-0.2, -0.15) is 5.26 Å². The van der Waals surface area contributed by atoms with Crippen LogP contribution in [-0.2, 0) is 6.42 Å². The molecule has 0 heterocycles. The van der Waals surface area contributed by atoms with Gasteiger partial charge in [-0.3, -0.25) is 0 Å². The van der Waals surface area contributed by atoms with Crippen molar-refractivity contribution in [3.63, 3.8) is 0 Å². The van der Waals surface area contributed by atoms with E-state index >= 15 is 0 Å². The lowest BCUT2D eigenvalue weighted by molar-refractivity contribution is 0.971. The Hall–Kier alpha value is -0.590. The summed E-state index contributed by atoms with van der Waals surface area (Å²) in [5, 5.41) is 8.56. The first-order chi connectivity index (χ1) is 6.81. The van der Waals surface area contributed by atoms with Crippen LogP contribution in [0.25, 0.3) is 0 Å². The van der Waals surface area contributed by atoms with Gasteiger partial charge < -0.3 is 0 Å². The van der Waals surface area contributed by atoms with Gasteiger partial charge in [0.25, 0.3) is 0 Å². The molecule has 14 heavy (non-hydrogen) atoms. The van der Waals surface area contributed by atoms with Crippen LogP contribution < -0.4 is 0 Å². The zero-order valence-corrected chi connectivity index (χ0v) is 10.0. The van der Waals surface area contributed by atoms with Crippen molar-refractivity contribution in [2.24, 2.45) is 0 Å². The summed E-state index contributed by atoms with van der Waals surface area (Å²) < 4.78 is 0. The zero-order valence-electron chi connectivity index (χ0n) is 8.41. The Bertz CT molecular complexity index is 342. The number of thioether (sulfide) groups is 2. The van der Waals surface area contributed by atoms with E-state index in [0.717, 1.165) is 6.42 Å². The molecule has 0 fully saturated rings. The molecule has 1 aromatic rings. The van der Waals surface area contributed by atoms with Crippen molar-refractivity contribution in [2.75, 3.05) is 12.5 Å². The van der Waals surface area contributed by atoms with Crippen LogP contribution in [-0.4, -0.2) is 12.5 Å². The minimum Gasteiger partial charge on any atom is -0.198 e. The molecule has 0 saturated heterocycles. The second-order valence-electron chi connectivity index (χ2n) is 2.84. The van der Waals surface area contributed by atoms with E-state index in [0.29, 0.717) is 6.42 Å². The maximum atomic E-state index is 8.56. The van der Waals surface area contributed by atoms with E-state index in [1.54, 1.807) is 23.5 Å². The van der Waals surface area contributed by atoms with Crippen molar-refractivity contribution in [1.29, 1.82) is 5.26 Å². The first kappa shape index (κ1) is 11.5. The van der Waals surface area contributed by atoms with E-state index in [4.69, 9.17) is 5.26 Å². The smallest absolute Gasteiger partial charge is 0.0625 e. The Morgan fingerprint density at radius 2 is 2.07 bits per heavy atom. The van der Waals surface area contributed by atoms with Crippen molar-refractivity contribution in [3.8, 4) is 6.07 Å². The van der Waals surface area contributed by atoms with Crippen LogP contribution in [0.15, 0.2) is 28.0 Å². The average molecular weight is 223 g/mol. The summed E-state index contributed by atoms with van der Waals surface area (Å²) in [6.07, 6.45) is 5.61. The van der Waals surface area contributed by atoms with E-state index in [-0.39, 0.29) is 0 Å². The van der Waals surface area contributed by atoms with Crippen LogP contribution in [0.5, 0.6) is 0 Å². The number of benzene rings is 1. The minimum absolute atomic E-state index is 0.603. The summed E-state index contributed by atoms with van der Waals surface area (Å²) in [5.41, 5.74) is 1.30. The topological polar surface area (TPSA) is 23.8 Å². The molecular weight excluding hydrogens is 210 g/mol. The standard InChI is InChI=1S/C11H13NS2/c1-13-10-5-6-11(14-2)9(8-10)4-3-7-12/h5-6,8H,3-4H2,1-2H3. The van der Waals surface area contributed by atoms with Gasteiger partial charge in [0.2, 0.25) is 0 Å². The van der Waals surface area contributed by atoms with Gasteiger partial charge in [0.1, 0.15) is 0 Å². The molecule has 0 aliphatic rings. The van der Waals surface area contributed by atoms with Gasteiger partial charge in [-0.25, -0.2) is 0 Å². The van der Waals surface area contributed by atoms with Crippen molar-refractivity contribution in [1.82, 2.24) is 0 Å². The van der Waals surface area contributed by atoms with Crippen molar-refractivity contribution < 1.29 is 0 Å². The second kappa shape index (κ2) is 6.00. The Morgan fingerprint density at radius 3 is 2.64 bits per heavy atom. The molecule has 0 aliphatic heterocycles. The molecular formula is C11H13NS2. The third-order valence-electron chi connectivity index (χ3n) is 1.99. The summed E-state index contributed by atoms with van der Waals surface area (Å²) in [6.45, 7) is 0. The third-order valence-corrected chi connectivity index (χ3v) is 3.56. The first-order valence-electron chi connectivity index (χ1n) is 4.39. The fraction of sp³-hybridized carbons (Fsp3) is 0.364. The van der Waals surface area contributed by atoms with Gasteiger partial charge in [0, 0.05) is 16.2 Å². The lowest BCUT2D eigenvalue weighted by atomic mass is 10.1. The molecule has 3 heteroatoms. The molecule has 1 rings (SSSR count). The molecule has 0 aliphatic carbocycles. The van der Waals surface area contributed by atoms with Crippen molar-refractivity contribution in [3.05, 3.63) is 23.8 Å². The fourth-order valence-corrected chi connectivity index (χ4v) is 2.36. The molecule has 1 nitrogen and oxygen atoms in total. The van der Waals surface area contributed by atoms with Crippen LogP contribution in [0.1, 0.15) is 12.0 Å². The highest BCUT2D eigenvalue weighted by Gasteiger charge is 2.02. The van der Waals surface area contributed by atoms with E-state index in [9.17, 15) is 0 Å². The summed E-state index contributed by atoms with van der Waals surface area (Å²) in [4.78, 5) is 2.56. The van der Waals surface area contributed by atoms with E-state index < -0.39 is 0 Å². The molecule has 0 aromatic heterocycles. The number of rotatable bonds is 4. The fourth-order valence-electron chi connectivity index (χ4n) is 1.27. The Labute approximate surface area is 93.9 Å². The maximum Gasteiger partial charge on any atom is 0.0625 e. The Morgan fingerprint density at radius 1 is 1.29 bits per heavy atom. The summed E-state index contributed by atoms with van der Waals surface area (Å²) in [5.74, 6) is 0. The van der Waals surface area contributed by atoms with Gasteiger partial charge >= 0.3 is 0 Å². The number of nitriles is 1. The predicted octanol–water partition coefficient (Wildman–Crippen LogP) is 3.59. The molecule has 0 saturated carbocycles. The molecule has 0 unspecified atom stereocenters. The normalized spacial score (nSPS) is 9.79. The van der Waals surface area contributed by atoms with E-state index in [1.165, 1.54) is 15.4 Å². The molecule has 0 spiro atoms. The van der Waals surface area contributed by atoms with Gasteiger partial charge in [-0.1, -0.05) is 0 Å². The number of aryl methyl sites for hydroxylation is 1. The number of nitrogens with zero attached hydrogens (tertiary/aromatic N) is 1. The SMILES string of the molecule is CSc1ccc(SC)c(CCC#N)c1. The highest BCUT2D eigenvalue weighted by Crippen LogP contribution is 2.26. The number of hydrogen-bond acceptors (Lipinski definition) is 3. The minimum atomic E-state index is 0.603. The quantitative estimate of drug-likeness (QED) is 0.729. The highest BCUT2D eigenvalue weighted by atomic mass is 32.2. The molecule has 0 amide bonds. The molecule has 0 bridgehead atoms.